The van der Waals surface area contributed by atoms with Crippen LogP contribution in [-0.4, -0.2) is 24.0 Å². The fourth-order valence-corrected chi connectivity index (χ4v) is 1.81. The van der Waals surface area contributed by atoms with Crippen LogP contribution in [-0.2, 0) is 0 Å². The van der Waals surface area contributed by atoms with Crippen molar-refractivity contribution in [2.24, 2.45) is 11.3 Å². The molecule has 0 unspecified atom stereocenters. The van der Waals surface area contributed by atoms with Crippen molar-refractivity contribution in [3.63, 3.8) is 0 Å². The predicted octanol–water partition coefficient (Wildman–Crippen LogP) is 3.68. The smallest absolute Gasteiger partial charge is 0.0683 e. The summed E-state index contributed by atoms with van der Waals surface area (Å²) in [6.45, 7) is 15.3. The van der Waals surface area contributed by atoms with E-state index in [0.29, 0.717) is 12.0 Å². The summed E-state index contributed by atoms with van der Waals surface area (Å²) >= 11 is 0. The first-order valence-electron chi connectivity index (χ1n) is 6.44. The van der Waals surface area contributed by atoms with Crippen LogP contribution in [0.15, 0.2) is 0 Å². The molecule has 0 spiro atoms. The molecule has 2 heteroatoms. The third-order valence-electron chi connectivity index (χ3n) is 2.88. The van der Waals surface area contributed by atoms with Gasteiger partial charge >= 0.3 is 0 Å². The monoisotopic (exact) mass is 224 g/mol. The summed E-state index contributed by atoms with van der Waals surface area (Å²) in [7, 11) is 0. The topological polar surface area (TPSA) is 27.0 Å². The minimum Gasteiger partial charge on any atom is -0.301 e. The van der Waals surface area contributed by atoms with Crippen LogP contribution in [0.25, 0.3) is 0 Å². The van der Waals surface area contributed by atoms with Crippen molar-refractivity contribution in [2.75, 3.05) is 13.1 Å². The van der Waals surface area contributed by atoms with Gasteiger partial charge in [0.2, 0.25) is 0 Å². The lowest BCUT2D eigenvalue weighted by Crippen LogP contribution is -2.35. The van der Waals surface area contributed by atoms with Gasteiger partial charge in [0.1, 0.15) is 0 Å². The molecule has 16 heavy (non-hydrogen) atoms. The van der Waals surface area contributed by atoms with E-state index < -0.39 is 0 Å². The van der Waals surface area contributed by atoms with E-state index in [9.17, 15) is 0 Å². The van der Waals surface area contributed by atoms with Crippen molar-refractivity contribution in [2.45, 2.75) is 60.4 Å². The Balaban J connectivity index is 4.00. The van der Waals surface area contributed by atoms with Gasteiger partial charge in [-0.25, -0.2) is 0 Å². The Morgan fingerprint density at radius 1 is 1.19 bits per heavy atom. The molecule has 0 saturated heterocycles. The van der Waals surface area contributed by atoms with Crippen LogP contribution in [0.5, 0.6) is 0 Å². The van der Waals surface area contributed by atoms with Gasteiger partial charge < -0.3 is 4.90 Å². The summed E-state index contributed by atoms with van der Waals surface area (Å²) < 4.78 is 0. The molecule has 0 aliphatic heterocycles. The molecule has 0 aromatic rings. The SMILES string of the molecule is CC(C)CN(CCCC(C)(C)C#N)C(C)C. The van der Waals surface area contributed by atoms with E-state index in [1.807, 2.05) is 13.8 Å². The van der Waals surface area contributed by atoms with Crippen molar-refractivity contribution in [3.8, 4) is 6.07 Å². The molecule has 0 amide bonds. The molecular formula is C14H28N2. The number of rotatable bonds is 7. The van der Waals surface area contributed by atoms with E-state index in [1.54, 1.807) is 0 Å². The average Bonchev–Trinajstić information content (AvgIpc) is 2.15. The normalized spacial score (nSPS) is 12.5. The Morgan fingerprint density at radius 3 is 2.12 bits per heavy atom. The van der Waals surface area contributed by atoms with Crippen LogP contribution < -0.4 is 0 Å². The lowest BCUT2D eigenvalue weighted by atomic mass is 9.89. The molecule has 0 atom stereocenters. The van der Waals surface area contributed by atoms with Gasteiger partial charge in [-0.3, -0.25) is 0 Å². The largest absolute Gasteiger partial charge is 0.301 e. The zero-order valence-electron chi connectivity index (χ0n) is 11.9. The highest BCUT2D eigenvalue weighted by Crippen LogP contribution is 2.21. The van der Waals surface area contributed by atoms with E-state index in [4.69, 9.17) is 5.26 Å². The van der Waals surface area contributed by atoms with Crippen molar-refractivity contribution < 1.29 is 0 Å². The molecule has 0 bridgehead atoms. The predicted molar refractivity (Wildman–Crippen MR) is 70.2 cm³/mol. The van der Waals surface area contributed by atoms with Crippen molar-refractivity contribution in [1.82, 2.24) is 4.90 Å². The molecule has 0 aromatic heterocycles. The maximum absolute atomic E-state index is 8.95. The summed E-state index contributed by atoms with van der Waals surface area (Å²) in [5, 5.41) is 8.95. The summed E-state index contributed by atoms with van der Waals surface area (Å²) in [5.74, 6) is 0.714. The fraction of sp³-hybridized carbons (Fsp3) is 0.929. The van der Waals surface area contributed by atoms with E-state index in [2.05, 4.69) is 38.7 Å². The Labute approximate surface area is 102 Å². The van der Waals surface area contributed by atoms with Crippen LogP contribution in [0.2, 0.25) is 0 Å². The minimum atomic E-state index is -0.166. The number of nitriles is 1. The lowest BCUT2D eigenvalue weighted by Gasteiger charge is -2.29. The zero-order valence-corrected chi connectivity index (χ0v) is 11.9. The van der Waals surface area contributed by atoms with Crippen molar-refractivity contribution >= 4 is 0 Å². The van der Waals surface area contributed by atoms with E-state index in [1.165, 1.54) is 0 Å². The third-order valence-corrected chi connectivity index (χ3v) is 2.88. The second-order valence-electron chi connectivity index (χ2n) is 6.08. The molecule has 0 aliphatic carbocycles. The van der Waals surface area contributed by atoms with Gasteiger partial charge in [0.25, 0.3) is 0 Å². The van der Waals surface area contributed by atoms with Crippen LogP contribution in [0.4, 0.5) is 0 Å². The molecule has 0 N–H and O–H groups in total. The highest BCUT2D eigenvalue weighted by molar-refractivity contribution is 4.91. The van der Waals surface area contributed by atoms with Gasteiger partial charge in [-0.1, -0.05) is 13.8 Å². The van der Waals surface area contributed by atoms with Crippen LogP contribution >= 0.6 is 0 Å². The molecule has 0 saturated carbocycles. The molecule has 2 nitrogen and oxygen atoms in total. The van der Waals surface area contributed by atoms with E-state index >= 15 is 0 Å². The molecule has 0 fully saturated rings. The first-order valence-corrected chi connectivity index (χ1v) is 6.44. The number of nitrogens with zero attached hydrogens (tertiary/aromatic N) is 2. The first-order chi connectivity index (χ1) is 7.28. The van der Waals surface area contributed by atoms with Gasteiger partial charge in [0.05, 0.1) is 11.5 Å². The summed E-state index contributed by atoms with van der Waals surface area (Å²) in [5.41, 5.74) is -0.166. The standard InChI is InChI=1S/C14H28N2/c1-12(2)10-16(13(3)4)9-7-8-14(5,6)11-15/h12-13H,7-10H2,1-6H3. The summed E-state index contributed by atoms with van der Waals surface area (Å²) in [4.78, 5) is 2.51. The molecule has 94 valence electrons. The molecule has 0 heterocycles. The molecular weight excluding hydrogens is 196 g/mol. The Bertz CT molecular complexity index is 223. The van der Waals surface area contributed by atoms with Gasteiger partial charge in [-0.15, -0.1) is 0 Å². The summed E-state index contributed by atoms with van der Waals surface area (Å²) in [6, 6.07) is 2.97. The van der Waals surface area contributed by atoms with Gasteiger partial charge in [0, 0.05) is 12.6 Å². The third kappa shape index (κ3) is 6.85. The second kappa shape index (κ2) is 6.91. The van der Waals surface area contributed by atoms with Crippen LogP contribution in [0, 0.1) is 22.7 Å². The highest BCUT2D eigenvalue weighted by Gasteiger charge is 2.17. The Morgan fingerprint density at radius 2 is 1.75 bits per heavy atom. The number of hydrogen-bond acceptors (Lipinski definition) is 2. The van der Waals surface area contributed by atoms with E-state index in [0.717, 1.165) is 25.9 Å². The van der Waals surface area contributed by atoms with Crippen molar-refractivity contribution in [1.29, 1.82) is 5.26 Å². The van der Waals surface area contributed by atoms with Crippen LogP contribution in [0.1, 0.15) is 54.4 Å². The zero-order chi connectivity index (χ0) is 12.8. The van der Waals surface area contributed by atoms with Crippen LogP contribution in [0.3, 0.4) is 0 Å². The maximum atomic E-state index is 8.95. The minimum absolute atomic E-state index is 0.166. The Hall–Kier alpha value is -0.550. The van der Waals surface area contributed by atoms with Gasteiger partial charge in [0.15, 0.2) is 0 Å². The Kier molecular flexibility index (Phi) is 6.67. The molecule has 0 aliphatic rings. The molecule has 0 rings (SSSR count). The van der Waals surface area contributed by atoms with E-state index in [-0.39, 0.29) is 5.41 Å². The maximum Gasteiger partial charge on any atom is 0.0683 e. The first kappa shape index (κ1) is 15.4. The second-order valence-corrected chi connectivity index (χ2v) is 6.08. The summed E-state index contributed by atoms with van der Waals surface area (Å²) in [6.07, 6.45) is 2.11. The quantitative estimate of drug-likeness (QED) is 0.659. The fourth-order valence-electron chi connectivity index (χ4n) is 1.81. The highest BCUT2D eigenvalue weighted by atomic mass is 15.1. The molecule has 0 aromatic carbocycles. The number of hydrogen-bond donors (Lipinski definition) is 0. The average molecular weight is 224 g/mol. The van der Waals surface area contributed by atoms with Gasteiger partial charge in [-0.05, 0) is 53.0 Å². The van der Waals surface area contributed by atoms with Crippen molar-refractivity contribution in [3.05, 3.63) is 0 Å². The molecule has 0 radical (unpaired) electrons. The van der Waals surface area contributed by atoms with Gasteiger partial charge in [-0.2, -0.15) is 5.26 Å². The lowest BCUT2D eigenvalue weighted by molar-refractivity contribution is 0.188.